The van der Waals surface area contributed by atoms with Gasteiger partial charge in [-0.05, 0) is 50.3 Å². The van der Waals surface area contributed by atoms with Gasteiger partial charge in [-0.2, -0.15) is 0 Å². The quantitative estimate of drug-likeness (QED) is 0.442. The highest BCUT2D eigenvalue weighted by molar-refractivity contribution is 7.90. The Morgan fingerprint density at radius 3 is 2.56 bits per heavy atom. The second kappa shape index (κ2) is 8.62. The molecule has 0 bridgehead atoms. The van der Waals surface area contributed by atoms with Gasteiger partial charge in [-0.25, -0.2) is 27.2 Å². The third-order valence-corrected chi connectivity index (χ3v) is 9.49. The van der Waals surface area contributed by atoms with Crippen LogP contribution in [0.25, 0.3) is 16.8 Å². The minimum atomic E-state index is -3.81. The van der Waals surface area contributed by atoms with Crippen LogP contribution >= 0.6 is 0 Å². The van der Waals surface area contributed by atoms with E-state index in [0.717, 1.165) is 30.5 Å². The molecule has 4 heterocycles. The molecule has 6 rings (SSSR count). The van der Waals surface area contributed by atoms with Crippen LogP contribution in [0.15, 0.2) is 53.8 Å². The molecule has 36 heavy (non-hydrogen) atoms. The fourth-order valence-corrected chi connectivity index (χ4v) is 6.73. The molecule has 1 aromatic carbocycles. The molecule has 1 aliphatic carbocycles. The van der Waals surface area contributed by atoms with Gasteiger partial charge in [0.05, 0.1) is 16.6 Å². The highest BCUT2D eigenvalue weighted by atomic mass is 32.2. The molecule has 188 valence electrons. The normalized spacial score (nSPS) is 20.8. The topological polar surface area (TPSA) is 102 Å². The van der Waals surface area contributed by atoms with E-state index in [2.05, 4.69) is 22.2 Å². The number of amides is 2. The van der Waals surface area contributed by atoms with E-state index in [1.165, 1.54) is 10.4 Å². The van der Waals surface area contributed by atoms with Crippen LogP contribution in [0.5, 0.6) is 0 Å². The average Bonchev–Trinajstić information content (AvgIpc) is 3.57. The van der Waals surface area contributed by atoms with Gasteiger partial charge in [0, 0.05) is 43.1 Å². The number of nitrogens with zero attached hydrogens (tertiary/aromatic N) is 5. The third kappa shape index (κ3) is 3.66. The Morgan fingerprint density at radius 2 is 1.86 bits per heavy atom. The number of fused-ring (bicyclic) bond motifs is 3. The van der Waals surface area contributed by atoms with Crippen LogP contribution in [0.2, 0.25) is 0 Å². The molecule has 2 aliphatic rings. The largest absolute Gasteiger partial charge is 0.335 e. The molecule has 4 aromatic rings. The Balaban J connectivity index is 1.39. The van der Waals surface area contributed by atoms with Crippen molar-refractivity contribution in [3.05, 3.63) is 60.2 Å². The number of rotatable bonds is 5. The standard InChI is InChI=1S/C26H30N6O3S/c1-3-18-15-30(26(33)29-19-5-4-6-19)16-21(18)23-13-27-24-14-28-25-22(32(23)24)11-12-31(25)36(34,35)20-9-7-17(2)8-10-20/h7-14,18-19,21H,3-6,15-16H2,1-2H3,(H,29,33)/t18-,21+/m1/s1. The highest BCUT2D eigenvalue weighted by Crippen LogP contribution is 2.36. The van der Waals surface area contributed by atoms with Gasteiger partial charge in [0.1, 0.15) is 0 Å². The molecule has 3 aromatic heterocycles. The highest BCUT2D eigenvalue weighted by Gasteiger charge is 2.38. The molecule has 10 heteroatoms. The van der Waals surface area contributed by atoms with Crippen molar-refractivity contribution in [3.8, 4) is 0 Å². The van der Waals surface area contributed by atoms with E-state index >= 15 is 0 Å². The fourth-order valence-electron chi connectivity index (χ4n) is 5.43. The number of urea groups is 1. The maximum Gasteiger partial charge on any atom is 0.317 e. The number of hydrogen-bond donors (Lipinski definition) is 1. The summed E-state index contributed by atoms with van der Waals surface area (Å²) >= 11 is 0. The van der Waals surface area contributed by atoms with E-state index in [1.807, 2.05) is 22.4 Å². The van der Waals surface area contributed by atoms with Crippen molar-refractivity contribution in [2.75, 3.05) is 13.1 Å². The Hall–Kier alpha value is -3.40. The summed E-state index contributed by atoms with van der Waals surface area (Å²) in [6.45, 7) is 5.38. The minimum Gasteiger partial charge on any atom is -0.335 e. The summed E-state index contributed by atoms with van der Waals surface area (Å²) in [7, 11) is -3.81. The summed E-state index contributed by atoms with van der Waals surface area (Å²) in [5.41, 5.74) is 3.67. The van der Waals surface area contributed by atoms with Gasteiger partial charge < -0.3 is 10.2 Å². The molecule has 0 unspecified atom stereocenters. The molecule has 9 nitrogen and oxygen atoms in total. The predicted molar refractivity (Wildman–Crippen MR) is 137 cm³/mol. The summed E-state index contributed by atoms with van der Waals surface area (Å²) in [6, 6.07) is 8.90. The fraction of sp³-hybridized carbons (Fsp3) is 0.423. The summed E-state index contributed by atoms with van der Waals surface area (Å²) in [6.07, 6.45) is 9.24. The van der Waals surface area contributed by atoms with E-state index in [1.54, 1.807) is 42.7 Å². The van der Waals surface area contributed by atoms with Crippen LogP contribution < -0.4 is 5.32 Å². The van der Waals surface area contributed by atoms with Crippen LogP contribution in [-0.4, -0.2) is 56.8 Å². The SMILES string of the molecule is CC[C@@H]1CN(C(=O)NC2CCC2)C[C@@H]1c1cnc2cnc3c(ccn3S(=O)(=O)c3ccc(C)cc3)n12. The lowest BCUT2D eigenvalue weighted by Crippen LogP contribution is -2.46. The second-order valence-corrected chi connectivity index (χ2v) is 11.8. The number of aromatic nitrogens is 4. The third-order valence-electron chi connectivity index (χ3n) is 7.81. The van der Waals surface area contributed by atoms with Crippen molar-refractivity contribution >= 4 is 32.9 Å². The second-order valence-electron chi connectivity index (χ2n) is 10.0. The van der Waals surface area contributed by atoms with Crippen molar-refractivity contribution < 1.29 is 13.2 Å². The Kier molecular flexibility index (Phi) is 5.51. The van der Waals surface area contributed by atoms with Gasteiger partial charge in [0.15, 0.2) is 11.3 Å². The summed E-state index contributed by atoms with van der Waals surface area (Å²) in [5, 5.41) is 3.16. The molecule has 2 atom stereocenters. The van der Waals surface area contributed by atoms with Crippen molar-refractivity contribution in [1.82, 2.24) is 28.6 Å². The van der Waals surface area contributed by atoms with E-state index in [-0.39, 0.29) is 16.8 Å². The first-order chi connectivity index (χ1) is 17.4. The maximum absolute atomic E-state index is 13.4. The molecular formula is C26H30N6O3S. The van der Waals surface area contributed by atoms with E-state index in [9.17, 15) is 13.2 Å². The number of carbonyl (C=O) groups is 1. The van der Waals surface area contributed by atoms with Crippen molar-refractivity contribution in [2.24, 2.45) is 5.92 Å². The van der Waals surface area contributed by atoms with E-state index < -0.39 is 10.0 Å². The van der Waals surface area contributed by atoms with Gasteiger partial charge in [-0.3, -0.25) is 4.40 Å². The first-order valence-corrected chi connectivity index (χ1v) is 14.0. The van der Waals surface area contributed by atoms with Gasteiger partial charge >= 0.3 is 6.03 Å². The number of hydrogen-bond acceptors (Lipinski definition) is 5. The molecule has 2 amide bonds. The van der Waals surface area contributed by atoms with Crippen molar-refractivity contribution in [2.45, 2.75) is 56.4 Å². The lowest BCUT2D eigenvalue weighted by atomic mass is 9.91. The molecular weight excluding hydrogens is 476 g/mol. The number of carbonyl (C=O) groups excluding carboxylic acids is 1. The molecule has 0 radical (unpaired) electrons. The van der Waals surface area contributed by atoms with Gasteiger partial charge in [-0.15, -0.1) is 0 Å². The van der Waals surface area contributed by atoms with Crippen LogP contribution in [0.3, 0.4) is 0 Å². The molecule has 1 aliphatic heterocycles. The monoisotopic (exact) mass is 506 g/mol. The summed E-state index contributed by atoms with van der Waals surface area (Å²) < 4.78 is 30.1. The molecule has 1 saturated carbocycles. The maximum atomic E-state index is 13.4. The first-order valence-electron chi connectivity index (χ1n) is 12.6. The Labute approximate surface area is 210 Å². The van der Waals surface area contributed by atoms with Crippen LogP contribution in [-0.2, 0) is 10.0 Å². The minimum absolute atomic E-state index is 0.0108. The average molecular weight is 507 g/mol. The first kappa shape index (κ1) is 23.0. The zero-order chi connectivity index (χ0) is 25.0. The van der Waals surface area contributed by atoms with Gasteiger partial charge in [0.25, 0.3) is 10.0 Å². The lowest BCUT2D eigenvalue weighted by molar-refractivity contribution is 0.194. The smallest absolute Gasteiger partial charge is 0.317 e. The lowest BCUT2D eigenvalue weighted by Gasteiger charge is -2.29. The number of imidazole rings is 1. The number of likely N-dealkylation sites (tertiary alicyclic amines) is 1. The molecule has 0 spiro atoms. The number of benzene rings is 1. The van der Waals surface area contributed by atoms with Crippen molar-refractivity contribution in [3.63, 3.8) is 0 Å². The van der Waals surface area contributed by atoms with Gasteiger partial charge in [0.2, 0.25) is 0 Å². The molecule has 1 N–H and O–H groups in total. The van der Waals surface area contributed by atoms with Crippen LogP contribution in [0.4, 0.5) is 4.79 Å². The van der Waals surface area contributed by atoms with Crippen LogP contribution in [0, 0.1) is 12.8 Å². The van der Waals surface area contributed by atoms with E-state index in [0.29, 0.717) is 41.9 Å². The molecule has 2 fully saturated rings. The van der Waals surface area contributed by atoms with Crippen LogP contribution in [0.1, 0.15) is 49.8 Å². The zero-order valence-electron chi connectivity index (χ0n) is 20.5. The molecule has 1 saturated heterocycles. The Morgan fingerprint density at radius 1 is 1.08 bits per heavy atom. The summed E-state index contributed by atoms with van der Waals surface area (Å²) in [4.78, 5) is 24.1. The van der Waals surface area contributed by atoms with Crippen molar-refractivity contribution in [1.29, 1.82) is 0 Å². The Bertz CT molecular complexity index is 1550. The predicted octanol–water partition coefficient (Wildman–Crippen LogP) is 3.92. The van der Waals surface area contributed by atoms with E-state index in [4.69, 9.17) is 0 Å². The number of nitrogens with one attached hydrogen (secondary N) is 1. The number of aryl methyl sites for hydroxylation is 1. The van der Waals surface area contributed by atoms with Gasteiger partial charge in [-0.1, -0.05) is 31.0 Å². The zero-order valence-corrected chi connectivity index (χ0v) is 21.3. The summed E-state index contributed by atoms with van der Waals surface area (Å²) in [5.74, 6) is 0.387.